The summed E-state index contributed by atoms with van der Waals surface area (Å²) in [6.07, 6.45) is 3.86. The van der Waals surface area contributed by atoms with E-state index in [-0.39, 0.29) is 0 Å². The smallest absolute Gasteiger partial charge is 0.180 e. The van der Waals surface area contributed by atoms with Crippen LogP contribution >= 0.6 is 0 Å². The van der Waals surface area contributed by atoms with Gasteiger partial charge in [-0.3, -0.25) is 5.10 Å². The van der Waals surface area contributed by atoms with Gasteiger partial charge in [-0.15, -0.1) is 0 Å². The number of aliphatic imine (C=N–C) groups is 2. The first kappa shape index (κ1) is 18.7. The number of H-pyrrole nitrogens is 3. The molecule has 4 rings (SSSR count). The lowest BCUT2D eigenvalue weighted by molar-refractivity contribution is 0.404. The minimum Gasteiger partial charge on any atom is -0.383 e. The Hall–Kier alpha value is -3.65. The maximum Gasteiger partial charge on any atom is 0.180 e. The van der Waals surface area contributed by atoms with Crippen LogP contribution in [0.5, 0.6) is 0 Å². The molecule has 0 radical (unpaired) electrons. The van der Waals surface area contributed by atoms with Gasteiger partial charge < -0.3 is 20.6 Å². The van der Waals surface area contributed by atoms with E-state index >= 15 is 0 Å². The molecule has 3 aromatic heterocycles. The molecule has 0 fully saturated rings. The minimum atomic E-state index is 0.385. The summed E-state index contributed by atoms with van der Waals surface area (Å²) in [5, 5.41) is 8.23. The lowest BCUT2D eigenvalue weighted by Gasteiger charge is -2.08. The van der Waals surface area contributed by atoms with Crippen molar-refractivity contribution in [3.8, 4) is 0 Å². The maximum atomic E-state index is 6.34. The van der Waals surface area contributed by atoms with Crippen molar-refractivity contribution in [1.29, 1.82) is 0 Å². The zero-order chi connectivity index (χ0) is 20.4. The van der Waals surface area contributed by atoms with Crippen molar-refractivity contribution in [2.24, 2.45) is 15.7 Å². The number of amidine groups is 2. The van der Waals surface area contributed by atoms with Crippen LogP contribution in [-0.2, 0) is 6.54 Å². The molecule has 0 unspecified atom stereocenters. The predicted molar refractivity (Wildman–Crippen MR) is 117 cm³/mol. The van der Waals surface area contributed by atoms with Crippen LogP contribution in [-0.4, -0.2) is 50.8 Å². The highest BCUT2D eigenvalue weighted by Crippen LogP contribution is 2.21. The molecular weight excluding hydrogens is 364 g/mol. The molecule has 0 amide bonds. The summed E-state index contributed by atoms with van der Waals surface area (Å²) in [5.74, 6) is 1.41. The van der Waals surface area contributed by atoms with Gasteiger partial charge in [0, 0.05) is 47.2 Å². The van der Waals surface area contributed by atoms with Crippen molar-refractivity contribution >= 4 is 28.4 Å². The molecule has 0 spiro atoms. The molecule has 29 heavy (non-hydrogen) atoms. The second kappa shape index (κ2) is 7.76. The van der Waals surface area contributed by atoms with Gasteiger partial charge in [-0.25, -0.2) is 9.98 Å². The molecule has 0 bridgehead atoms. The topological polar surface area (TPSA) is 114 Å². The van der Waals surface area contributed by atoms with E-state index < -0.39 is 0 Å². The van der Waals surface area contributed by atoms with Gasteiger partial charge >= 0.3 is 0 Å². The van der Waals surface area contributed by atoms with Crippen LogP contribution in [0.4, 0.5) is 5.82 Å². The number of hydrogen-bond acceptors (Lipinski definition) is 3. The van der Waals surface area contributed by atoms with E-state index in [1.807, 2.05) is 49.6 Å². The summed E-state index contributed by atoms with van der Waals surface area (Å²) in [6.45, 7) is 2.80. The van der Waals surface area contributed by atoms with Gasteiger partial charge in [-0.2, -0.15) is 5.10 Å². The van der Waals surface area contributed by atoms with Crippen LogP contribution in [0.15, 0.2) is 58.8 Å². The Morgan fingerprint density at radius 2 is 2.03 bits per heavy atom. The SMILES string of the molecule is Cc1cc(N=C(N=C(N)c2ccc3c(CN(C)C)c[nH]c3c2)c2ccc[nH]2)n[nH]1. The lowest BCUT2D eigenvalue weighted by atomic mass is 10.1. The molecule has 0 saturated carbocycles. The first-order valence-corrected chi connectivity index (χ1v) is 9.33. The van der Waals surface area contributed by atoms with E-state index in [1.165, 1.54) is 10.9 Å². The monoisotopic (exact) mass is 388 g/mol. The Labute approximate surface area is 168 Å². The number of nitrogens with two attached hydrogens (primary N) is 1. The number of benzene rings is 1. The molecule has 0 atom stereocenters. The number of hydrogen-bond donors (Lipinski definition) is 4. The van der Waals surface area contributed by atoms with Gasteiger partial charge in [0.1, 0.15) is 5.84 Å². The van der Waals surface area contributed by atoms with Crippen LogP contribution in [0.25, 0.3) is 10.9 Å². The third-order valence-corrected chi connectivity index (χ3v) is 4.53. The molecule has 4 aromatic rings. The standard InChI is InChI=1S/C21H24N8/c1-13-9-19(28-27-13)25-21(17-5-4-8-23-17)26-20(22)14-6-7-16-15(12-29(2)3)11-24-18(16)10-14/h4-11,23-24H,12H2,1-3H3,(H3,22,25,26,27,28). The third kappa shape index (κ3) is 4.12. The molecule has 148 valence electrons. The third-order valence-electron chi connectivity index (χ3n) is 4.53. The van der Waals surface area contributed by atoms with E-state index in [9.17, 15) is 0 Å². The summed E-state index contributed by atoms with van der Waals surface area (Å²) in [4.78, 5) is 17.7. The van der Waals surface area contributed by atoms with Gasteiger partial charge in [-0.1, -0.05) is 12.1 Å². The number of nitrogens with one attached hydrogen (secondary N) is 3. The summed E-state index contributed by atoms with van der Waals surface area (Å²) in [7, 11) is 4.11. The first-order valence-electron chi connectivity index (χ1n) is 9.33. The van der Waals surface area contributed by atoms with Crippen LogP contribution in [0.2, 0.25) is 0 Å². The van der Waals surface area contributed by atoms with Crippen LogP contribution in [0, 0.1) is 6.92 Å². The van der Waals surface area contributed by atoms with Gasteiger partial charge in [0.05, 0.1) is 5.69 Å². The van der Waals surface area contributed by atoms with E-state index in [1.54, 1.807) is 0 Å². The van der Waals surface area contributed by atoms with Crippen molar-refractivity contribution < 1.29 is 0 Å². The molecule has 1 aromatic carbocycles. The Bertz CT molecular complexity index is 1170. The second-order valence-electron chi connectivity index (χ2n) is 7.24. The number of nitrogens with zero attached hydrogens (tertiary/aromatic N) is 4. The van der Waals surface area contributed by atoms with Crippen molar-refractivity contribution in [2.45, 2.75) is 13.5 Å². The second-order valence-corrected chi connectivity index (χ2v) is 7.24. The summed E-state index contributed by atoms with van der Waals surface area (Å²) in [5.41, 5.74) is 11.1. The molecule has 0 aliphatic rings. The van der Waals surface area contributed by atoms with Gasteiger partial charge in [-0.05, 0) is 44.8 Å². The molecule has 8 nitrogen and oxygen atoms in total. The number of fused-ring (bicyclic) bond motifs is 1. The highest BCUT2D eigenvalue weighted by atomic mass is 15.2. The van der Waals surface area contributed by atoms with Gasteiger partial charge in [0.15, 0.2) is 11.7 Å². The maximum absolute atomic E-state index is 6.34. The normalized spacial score (nSPS) is 13.0. The van der Waals surface area contributed by atoms with Crippen molar-refractivity contribution in [1.82, 2.24) is 25.1 Å². The molecule has 0 aliphatic heterocycles. The predicted octanol–water partition coefficient (Wildman–Crippen LogP) is 3.07. The van der Waals surface area contributed by atoms with Gasteiger partial charge in [0.25, 0.3) is 0 Å². The average molecular weight is 388 g/mol. The number of aromatic amines is 3. The zero-order valence-corrected chi connectivity index (χ0v) is 16.7. The summed E-state index contributed by atoms with van der Waals surface area (Å²) < 4.78 is 0. The van der Waals surface area contributed by atoms with E-state index in [0.29, 0.717) is 17.5 Å². The molecule has 5 N–H and O–H groups in total. The molecule has 8 heteroatoms. The average Bonchev–Trinajstić information content (AvgIpc) is 3.42. The summed E-state index contributed by atoms with van der Waals surface area (Å²) in [6, 6.07) is 11.7. The Kier molecular flexibility index (Phi) is 5.01. The van der Waals surface area contributed by atoms with Gasteiger partial charge in [0.2, 0.25) is 0 Å². The fourth-order valence-corrected chi connectivity index (χ4v) is 3.18. The molecule has 0 saturated heterocycles. The first-order chi connectivity index (χ1) is 14.0. The molecular formula is C21H24N8. The number of aromatic nitrogens is 4. The quantitative estimate of drug-likeness (QED) is 0.311. The lowest BCUT2D eigenvalue weighted by Crippen LogP contribution is -2.16. The zero-order valence-electron chi connectivity index (χ0n) is 16.7. The largest absolute Gasteiger partial charge is 0.383 e. The Morgan fingerprint density at radius 1 is 1.17 bits per heavy atom. The Balaban J connectivity index is 1.70. The van der Waals surface area contributed by atoms with E-state index in [0.717, 1.165) is 29.0 Å². The van der Waals surface area contributed by atoms with Crippen molar-refractivity contribution in [2.75, 3.05) is 14.1 Å². The highest BCUT2D eigenvalue weighted by Gasteiger charge is 2.10. The minimum absolute atomic E-state index is 0.385. The Morgan fingerprint density at radius 3 is 2.72 bits per heavy atom. The van der Waals surface area contributed by atoms with Crippen molar-refractivity contribution in [3.63, 3.8) is 0 Å². The van der Waals surface area contributed by atoms with Crippen LogP contribution in [0.1, 0.15) is 22.5 Å². The fourth-order valence-electron chi connectivity index (χ4n) is 3.18. The number of aryl methyl sites for hydroxylation is 1. The number of rotatable bonds is 5. The highest BCUT2D eigenvalue weighted by molar-refractivity contribution is 6.11. The van der Waals surface area contributed by atoms with E-state index in [4.69, 9.17) is 5.73 Å². The summed E-state index contributed by atoms with van der Waals surface area (Å²) >= 11 is 0. The molecule has 0 aliphatic carbocycles. The molecule has 3 heterocycles. The van der Waals surface area contributed by atoms with Crippen LogP contribution < -0.4 is 5.73 Å². The fraction of sp³-hybridized carbons (Fsp3) is 0.190. The van der Waals surface area contributed by atoms with Crippen molar-refractivity contribution in [3.05, 3.63) is 71.3 Å². The van der Waals surface area contributed by atoms with Crippen LogP contribution in [0.3, 0.4) is 0 Å². The van der Waals surface area contributed by atoms with E-state index in [2.05, 4.69) is 55.2 Å².